The molecule has 2 heterocycles. The van der Waals surface area contributed by atoms with Crippen LogP contribution >= 0.6 is 0 Å². The van der Waals surface area contributed by atoms with Gasteiger partial charge in [0.05, 0.1) is 48.2 Å². The van der Waals surface area contributed by atoms with E-state index in [-0.39, 0.29) is 34.4 Å². The second-order valence-electron chi connectivity index (χ2n) is 11.9. The number of methoxy groups -OCH3 is 1. The monoisotopic (exact) mass is 612 g/mol. The zero-order chi connectivity index (χ0) is 31.5. The van der Waals surface area contributed by atoms with Crippen molar-refractivity contribution in [3.63, 3.8) is 0 Å². The Bertz CT molecular complexity index is 1520. The Morgan fingerprint density at radius 3 is 2.50 bits per heavy atom. The Morgan fingerprint density at radius 1 is 1.11 bits per heavy atom. The van der Waals surface area contributed by atoms with E-state index in [1.54, 1.807) is 6.92 Å². The average Bonchev–Trinajstić information content (AvgIpc) is 3.52. The first-order valence-corrected chi connectivity index (χ1v) is 14.7. The normalized spacial score (nSPS) is 30.1. The standard InChI is InChI=1S/C31H36N2O11/c1-14-26(36)17(32-33-8-3-4-9-33)10-21(43-14)44-19-12-31(41,20(35)13-34)11-16-23(19)30(40)25-24(28(16)38)27(37)15-6-5-7-18(42-2)22(15)29(25)39/h5-7,14,17,19,21,26,32,34,36,38,40-41H,3-4,8-13H2,1-2H3/t14?,17?,19-,21?,26?,31-/m0/s1. The smallest absolute Gasteiger partial charge is 0.202 e. The largest absolute Gasteiger partial charge is 0.507 e. The molecule has 6 atom stereocenters. The van der Waals surface area contributed by atoms with Gasteiger partial charge in [-0.25, -0.2) is 10.4 Å². The van der Waals surface area contributed by atoms with Crippen LogP contribution in [0.1, 0.15) is 81.7 Å². The van der Waals surface area contributed by atoms with Gasteiger partial charge in [0.2, 0.25) is 5.78 Å². The maximum atomic E-state index is 13.8. The Labute approximate surface area is 252 Å². The van der Waals surface area contributed by atoms with E-state index in [0.29, 0.717) is 0 Å². The third-order valence-electron chi connectivity index (χ3n) is 9.22. The average molecular weight is 613 g/mol. The van der Waals surface area contributed by atoms with Gasteiger partial charge in [0.25, 0.3) is 0 Å². The van der Waals surface area contributed by atoms with Gasteiger partial charge in [-0.05, 0) is 25.8 Å². The van der Waals surface area contributed by atoms with Crippen LogP contribution in [0.5, 0.6) is 17.2 Å². The van der Waals surface area contributed by atoms with Crippen molar-refractivity contribution in [2.45, 2.75) is 75.3 Å². The van der Waals surface area contributed by atoms with Gasteiger partial charge in [-0.3, -0.25) is 14.4 Å². The third-order valence-corrected chi connectivity index (χ3v) is 9.22. The van der Waals surface area contributed by atoms with E-state index in [1.165, 1.54) is 25.3 Å². The van der Waals surface area contributed by atoms with Crippen LogP contribution in [0.2, 0.25) is 0 Å². The van der Waals surface area contributed by atoms with Crippen LogP contribution in [0.15, 0.2) is 18.2 Å². The molecule has 6 N–H and O–H groups in total. The number of hydrogen-bond donors (Lipinski definition) is 6. The van der Waals surface area contributed by atoms with E-state index < -0.39 is 95.7 Å². The summed E-state index contributed by atoms with van der Waals surface area (Å²) < 4.78 is 17.5. The van der Waals surface area contributed by atoms with Crippen molar-refractivity contribution in [2.24, 2.45) is 0 Å². The van der Waals surface area contributed by atoms with E-state index >= 15 is 0 Å². The van der Waals surface area contributed by atoms with Crippen LogP contribution in [0.25, 0.3) is 0 Å². The molecule has 2 aliphatic carbocycles. The number of aliphatic hydroxyl groups excluding tert-OH is 2. The van der Waals surface area contributed by atoms with Gasteiger partial charge >= 0.3 is 0 Å². The highest BCUT2D eigenvalue weighted by atomic mass is 16.7. The minimum absolute atomic E-state index is 0.0403. The van der Waals surface area contributed by atoms with Crippen LogP contribution in [0, 0.1) is 0 Å². The molecule has 2 aromatic rings. The molecular formula is C31H36N2O11. The lowest BCUT2D eigenvalue weighted by atomic mass is 9.72. The minimum Gasteiger partial charge on any atom is -0.507 e. The Hall–Kier alpha value is -3.43. The van der Waals surface area contributed by atoms with Crippen LogP contribution in [-0.4, -0.2) is 105 Å². The van der Waals surface area contributed by atoms with Crippen LogP contribution in [-0.2, 0) is 20.7 Å². The maximum absolute atomic E-state index is 13.8. The fourth-order valence-corrected chi connectivity index (χ4v) is 6.92. The summed E-state index contributed by atoms with van der Waals surface area (Å²) in [6.07, 6.45) is -2.69. The van der Waals surface area contributed by atoms with Crippen LogP contribution < -0.4 is 10.2 Å². The van der Waals surface area contributed by atoms with Gasteiger partial charge in [0, 0.05) is 49.0 Å². The number of nitrogens with zero attached hydrogens (tertiary/aromatic N) is 1. The molecule has 44 heavy (non-hydrogen) atoms. The second kappa shape index (κ2) is 11.5. The molecule has 0 amide bonds. The summed E-state index contributed by atoms with van der Waals surface area (Å²) >= 11 is 0. The Morgan fingerprint density at radius 2 is 1.82 bits per heavy atom. The quantitative estimate of drug-likeness (QED) is 0.204. The highest BCUT2D eigenvalue weighted by Gasteiger charge is 2.50. The number of phenols is 2. The van der Waals surface area contributed by atoms with Crippen molar-refractivity contribution < 1.29 is 54.1 Å². The van der Waals surface area contributed by atoms with Crippen molar-refractivity contribution >= 4 is 17.3 Å². The number of carbonyl (C=O) groups excluding carboxylic acids is 3. The van der Waals surface area contributed by atoms with E-state index in [4.69, 9.17) is 14.2 Å². The topological polar surface area (TPSA) is 195 Å². The number of hydrogen-bond acceptors (Lipinski definition) is 13. The highest BCUT2D eigenvalue weighted by Crippen LogP contribution is 2.52. The molecule has 0 aromatic heterocycles. The van der Waals surface area contributed by atoms with Crippen molar-refractivity contribution in [1.29, 1.82) is 0 Å². The van der Waals surface area contributed by atoms with Crippen molar-refractivity contribution in [2.75, 3.05) is 26.8 Å². The molecular weight excluding hydrogens is 576 g/mol. The zero-order valence-electron chi connectivity index (χ0n) is 24.4. The van der Waals surface area contributed by atoms with Crippen molar-refractivity contribution in [3.05, 3.63) is 51.6 Å². The molecule has 4 unspecified atom stereocenters. The molecule has 0 bridgehead atoms. The fourth-order valence-electron chi connectivity index (χ4n) is 6.92. The molecule has 0 radical (unpaired) electrons. The fraction of sp³-hybridized carbons (Fsp3) is 0.516. The summed E-state index contributed by atoms with van der Waals surface area (Å²) in [5, 5.41) is 57.1. The van der Waals surface area contributed by atoms with Crippen LogP contribution in [0.3, 0.4) is 0 Å². The van der Waals surface area contributed by atoms with Gasteiger partial charge in [0.1, 0.15) is 29.5 Å². The molecule has 13 nitrogen and oxygen atoms in total. The number of ketones is 3. The molecule has 2 aliphatic heterocycles. The summed E-state index contributed by atoms with van der Waals surface area (Å²) in [5.74, 6) is -3.67. The number of aliphatic hydroxyl groups is 3. The van der Waals surface area contributed by atoms with Gasteiger partial charge in [0.15, 0.2) is 17.9 Å². The number of nitrogens with one attached hydrogen (secondary N) is 1. The second-order valence-corrected chi connectivity index (χ2v) is 11.9. The van der Waals surface area contributed by atoms with Gasteiger partial charge < -0.3 is 39.7 Å². The summed E-state index contributed by atoms with van der Waals surface area (Å²) in [4.78, 5) is 40.3. The third kappa shape index (κ3) is 4.88. The van der Waals surface area contributed by atoms with Crippen molar-refractivity contribution in [1.82, 2.24) is 10.4 Å². The Balaban J connectivity index is 1.43. The van der Waals surface area contributed by atoms with Crippen molar-refractivity contribution in [3.8, 4) is 17.2 Å². The first-order chi connectivity index (χ1) is 21.0. The van der Waals surface area contributed by atoms with Gasteiger partial charge in [-0.15, -0.1) is 0 Å². The number of carbonyl (C=O) groups is 3. The number of Topliss-reactive ketones (excluding diaryl/α,β-unsaturated/α-hetero) is 1. The van der Waals surface area contributed by atoms with E-state index in [9.17, 15) is 39.9 Å². The first-order valence-electron chi connectivity index (χ1n) is 14.7. The number of benzene rings is 2. The predicted molar refractivity (Wildman–Crippen MR) is 152 cm³/mol. The number of rotatable bonds is 7. The van der Waals surface area contributed by atoms with Gasteiger partial charge in [-0.2, -0.15) is 0 Å². The van der Waals surface area contributed by atoms with Crippen LogP contribution in [0.4, 0.5) is 0 Å². The van der Waals surface area contributed by atoms with E-state index in [2.05, 4.69) is 5.43 Å². The highest BCUT2D eigenvalue weighted by molar-refractivity contribution is 6.31. The number of phenolic OH excluding ortho intramolecular Hbond substituents is 2. The number of hydrazine groups is 1. The number of ether oxygens (including phenoxy) is 3. The zero-order valence-corrected chi connectivity index (χ0v) is 24.4. The summed E-state index contributed by atoms with van der Waals surface area (Å²) in [7, 11) is 1.34. The molecule has 2 aromatic carbocycles. The lowest BCUT2D eigenvalue weighted by Crippen LogP contribution is -2.58. The molecule has 2 fully saturated rings. The molecule has 0 saturated carbocycles. The lowest BCUT2D eigenvalue weighted by Gasteiger charge is -2.43. The summed E-state index contributed by atoms with van der Waals surface area (Å²) in [6, 6.07) is 3.95. The molecule has 4 aliphatic rings. The van der Waals surface area contributed by atoms with Gasteiger partial charge in [-0.1, -0.05) is 12.1 Å². The number of fused-ring (bicyclic) bond motifs is 3. The first kappa shape index (κ1) is 30.6. The predicted octanol–water partition coefficient (Wildman–Crippen LogP) is 0.643. The maximum Gasteiger partial charge on any atom is 0.202 e. The summed E-state index contributed by atoms with van der Waals surface area (Å²) in [5.41, 5.74) is -0.180. The Kier molecular flexibility index (Phi) is 7.99. The molecule has 0 spiro atoms. The SMILES string of the molecule is COc1cccc2c1C(=O)c1c(O)c3c(c(O)c1C2=O)C[C@@](O)(C(=O)CO)C[C@@H]3OC1CC(NN2CCCC2)C(O)C(C)O1. The molecule has 6 rings (SSSR count). The lowest BCUT2D eigenvalue weighted by molar-refractivity contribution is -0.252. The number of aromatic hydroxyl groups is 2. The molecule has 2 saturated heterocycles. The van der Waals surface area contributed by atoms with E-state index in [1.807, 2.05) is 5.01 Å². The molecule has 13 heteroatoms. The summed E-state index contributed by atoms with van der Waals surface area (Å²) in [6.45, 7) is 2.30. The van der Waals surface area contributed by atoms with E-state index in [0.717, 1.165) is 25.9 Å². The minimum atomic E-state index is -2.24. The molecule has 236 valence electrons.